The van der Waals surface area contributed by atoms with Crippen LogP contribution in [-0.4, -0.2) is 27.9 Å². The van der Waals surface area contributed by atoms with Gasteiger partial charge in [0.15, 0.2) is 0 Å². The van der Waals surface area contributed by atoms with Crippen molar-refractivity contribution in [2.75, 3.05) is 5.75 Å². The minimum atomic E-state index is -0.0563. The van der Waals surface area contributed by atoms with Gasteiger partial charge in [-0.1, -0.05) is 11.8 Å². The molecule has 0 aromatic carbocycles. The highest BCUT2D eigenvalue weighted by molar-refractivity contribution is 7.99. The SMILES string of the molecule is Cc1occc1-c1nnc(SCC(=O)NC(C)C)o1. The number of carbonyl (C=O) groups is 1. The number of amides is 1. The molecule has 1 N–H and O–H groups in total. The Hall–Kier alpha value is -1.76. The molecule has 19 heavy (non-hydrogen) atoms. The first kappa shape index (κ1) is 13.7. The van der Waals surface area contributed by atoms with Crippen LogP contribution in [0.4, 0.5) is 0 Å². The number of rotatable bonds is 5. The maximum absolute atomic E-state index is 11.5. The maximum Gasteiger partial charge on any atom is 0.277 e. The summed E-state index contributed by atoms with van der Waals surface area (Å²) in [6, 6.07) is 1.89. The van der Waals surface area contributed by atoms with Crippen molar-refractivity contribution in [3.05, 3.63) is 18.1 Å². The normalized spacial score (nSPS) is 10.9. The topological polar surface area (TPSA) is 81.2 Å². The smallest absolute Gasteiger partial charge is 0.277 e. The fourth-order valence-electron chi connectivity index (χ4n) is 1.47. The Morgan fingerprint density at radius 3 is 2.89 bits per heavy atom. The third-order valence-corrected chi connectivity index (χ3v) is 3.09. The number of aromatic nitrogens is 2. The van der Waals surface area contributed by atoms with Crippen LogP contribution in [0, 0.1) is 6.92 Å². The van der Waals surface area contributed by atoms with E-state index in [4.69, 9.17) is 8.83 Å². The fraction of sp³-hybridized carbons (Fsp3) is 0.417. The summed E-state index contributed by atoms with van der Waals surface area (Å²) < 4.78 is 10.6. The van der Waals surface area contributed by atoms with Crippen molar-refractivity contribution >= 4 is 17.7 Å². The van der Waals surface area contributed by atoms with E-state index in [-0.39, 0.29) is 17.7 Å². The lowest BCUT2D eigenvalue weighted by molar-refractivity contribution is -0.119. The van der Waals surface area contributed by atoms with Gasteiger partial charge in [-0.2, -0.15) is 0 Å². The molecule has 2 aromatic heterocycles. The maximum atomic E-state index is 11.5. The van der Waals surface area contributed by atoms with Gasteiger partial charge in [0.1, 0.15) is 5.76 Å². The summed E-state index contributed by atoms with van der Waals surface area (Å²) in [5.41, 5.74) is 0.769. The van der Waals surface area contributed by atoms with E-state index in [2.05, 4.69) is 15.5 Å². The van der Waals surface area contributed by atoms with E-state index in [0.29, 0.717) is 11.1 Å². The van der Waals surface area contributed by atoms with Crippen molar-refractivity contribution in [3.8, 4) is 11.5 Å². The minimum Gasteiger partial charge on any atom is -0.469 e. The standard InChI is InChI=1S/C12H15N3O3S/c1-7(2)13-10(16)6-19-12-15-14-11(18-12)9-4-5-17-8(9)3/h4-5,7H,6H2,1-3H3,(H,13,16). The summed E-state index contributed by atoms with van der Waals surface area (Å²) >= 11 is 1.21. The van der Waals surface area contributed by atoms with Crippen LogP contribution < -0.4 is 5.32 Å². The van der Waals surface area contributed by atoms with Gasteiger partial charge in [-0.25, -0.2) is 0 Å². The van der Waals surface area contributed by atoms with Gasteiger partial charge in [0.05, 0.1) is 17.6 Å². The summed E-state index contributed by atoms with van der Waals surface area (Å²) in [4.78, 5) is 11.5. The van der Waals surface area contributed by atoms with Gasteiger partial charge in [0.2, 0.25) is 5.91 Å². The Bertz CT molecular complexity index is 562. The van der Waals surface area contributed by atoms with Gasteiger partial charge < -0.3 is 14.2 Å². The van der Waals surface area contributed by atoms with Crippen LogP contribution in [0.2, 0.25) is 0 Å². The molecule has 0 saturated carbocycles. The molecule has 6 nitrogen and oxygen atoms in total. The number of aryl methyl sites for hydroxylation is 1. The summed E-state index contributed by atoms with van der Waals surface area (Å²) in [7, 11) is 0. The Morgan fingerprint density at radius 2 is 2.26 bits per heavy atom. The Morgan fingerprint density at radius 1 is 1.47 bits per heavy atom. The van der Waals surface area contributed by atoms with E-state index in [1.54, 1.807) is 12.3 Å². The molecule has 0 spiro atoms. The van der Waals surface area contributed by atoms with Crippen molar-refractivity contribution in [3.63, 3.8) is 0 Å². The molecule has 0 aliphatic heterocycles. The van der Waals surface area contributed by atoms with Crippen LogP contribution >= 0.6 is 11.8 Å². The van der Waals surface area contributed by atoms with Crippen LogP contribution in [0.25, 0.3) is 11.5 Å². The molecular formula is C12H15N3O3S. The third-order valence-electron chi connectivity index (χ3n) is 2.27. The molecule has 2 heterocycles. The van der Waals surface area contributed by atoms with E-state index in [9.17, 15) is 4.79 Å². The minimum absolute atomic E-state index is 0.0563. The zero-order valence-electron chi connectivity index (χ0n) is 11.0. The number of furan rings is 1. The number of nitrogens with zero attached hydrogens (tertiary/aromatic N) is 2. The molecule has 0 bridgehead atoms. The Labute approximate surface area is 115 Å². The summed E-state index contributed by atoms with van der Waals surface area (Å²) in [6.07, 6.45) is 1.57. The lowest BCUT2D eigenvalue weighted by Crippen LogP contribution is -2.31. The van der Waals surface area contributed by atoms with Crippen LogP contribution in [0.5, 0.6) is 0 Å². The molecule has 0 aliphatic carbocycles. The van der Waals surface area contributed by atoms with E-state index >= 15 is 0 Å². The highest BCUT2D eigenvalue weighted by Crippen LogP contribution is 2.26. The lowest BCUT2D eigenvalue weighted by atomic mass is 10.3. The van der Waals surface area contributed by atoms with Crippen LogP contribution in [0.15, 0.2) is 26.4 Å². The van der Waals surface area contributed by atoms with E-state index in [1.165, 1.54) is 11.8 Å². The summed E-state index contributed by atoms with van der Waals surface area (Å²) in [5, 5.41) is 11.0. The zero-order chi connectivity index (χ0) is 13.8. The largest absolute Gasteiger partial charge is 0.469 e. The van der Waals surface area contributed by atoms with Crippen molar-refractivity contribution in [2.45, 2.75) is 32.0 Å². The van der Waals surface area contributed by atoms with Crippen molar-refractivity contribution in [1.29, 1.82) is 0 Å². The monoisotopic (exact) mass is 281 g/mol. The van der Waals surface area contributed by atoms with Crippen molar-refractivity contribution in [1.82, 2.24) is 15.5 Å². The number of carbonyl (C=O) groups excluding carboxylic acids is 1. The predicted octanol–water partition coefficient (Wildman–Crippen LogP) is 2.25. The molecule has 2 aromatic rings. The summed E-state index contributed by atoms with van der Waals surface area (Å²) in [5.74, 6) is 1.32. The average molecular weight is 281 g/mol. The van der Waals surface area contributed by atoms with E-state index in [1.807, 2.05) is 20.8 Å². The fourth-order valence-corrected chi connectivity index (χ4v) is 2.05. The Balaban J connectivity index is 1.95. The Kier molecular flexibility index (Phi) is 4.26. The average Bonchev–Trinajstić information content (AvgIpc) is 2.93. The van der Waals surface area contributed by atoms with Gasteiger partial charge in [-0.15, -0.1) is 10.2 Å². The highest BCUT2D eigenvalue weighted by atomic mass is 32.2. The molecule has 0 saturated heterocycles. The number of hydrogen-bond acceptors (Lipinski definition) is 6. The summed E-state index contributed by atoms with van der Waals surface area (Å²) in [6.45, 7) is 5.65. The van der Waals surface area contributed by atoms with Gasteiger partial charge in [0, 0.05) is 6.04 Å². The molecule has 0 unspecified atom stereocenters. The van der Waals surface area contributed by atoms with Gasteiger partial charge in [-0.3, -0.25) is 4.79 Å². The molecular weight excluding hydrogens is 266 g/mol. The van der Waals surface area contributed by atoms with Gasteiger partial charge in [0.25, 0.3) is 11.1 Å². The third kappa shape index (κ3) is 3.60. The molecule has 102 valence electrons. The lowest BCUT2D eigenvalue weighted by Gasteiger charge is -2.06. The van der Waals surface area contributed by atoms with Crippen molar-refractivity contribution in [2.24, 2.45) is 0 Å². The first-order valence-electron chi connectivity index (χ1n) is 5.86. The first-order chi connectivity index (χ1) is 9.06. The van der Waals surface area contributed by atoms with E-state index in [0.717, 1.165) is 11.3 Å². The predicted molar refractivity (Wildman–Crippen MR) is 70.7 cm³/mol. The molecule has 1 amide bonds. The molecule has 0 aliphatic rings. The second-order valence-corrected chi connectivity index (χ2v) is 5.20. The van der Waals surface area contributed by atoms with Gasteiger partial charge >= 0.3 is 0 Å². The highest BCUT2D eigenvalue weighted by Gasteiger charge is 2.14. The number of thioether (sulfide) groups is 1. The van der Waals surface area contributed by atoms with Crippen LogP contribution in [0.1, 0.15) is 19.6 Å². The number of hydrogen-bond donors (Lipinski definition) is 1. The molecule has 0 fully saturated rings. The van der Waals surface area contributed by atoms with Crippen LogP contribution in [0.3, 0.4) is 0 Å². The molecule has 0 radical (unpaired) electrons. The second kappa shape index (κ2) is 5.92. The molecule has 0 atom stereocenters. The first-order valence-corrected chi connectivity index (χ1v) is 6.85. The van der Waals surface area contributed by atoms with Crippen LogP contribution in [-0.2, 0) is 4.79 Å². The quantitative estimate of drug-likeness (QED) is 0.847. The second-order valence-electron chi connectivity index (χ2n) is 4.27. The molecule has 7 heteroatoms. The molecule has 2 rings (SSSR count). The zero-order valence-corrected chi connectivity index (χ0v) is 11.8. The van der Waals surface area contributed by atoms with E-state index < -0.39 is 0 Å². The van der Waals surface area contributed by atoms with Crippen molar-refractivity contribution < 1.29 is 13.6 Å². The number of nitrogens with one attached hydrogen (secondary N) is 1. The van der Waals surface area contributed by atoms with Gasteiger partial charge in [-0.05, 0) is 26.8 Å².